The molecule has 0 saturated carbocycles. The van der Waals surface area contributed by atoms with Gasteiger partial charge in [0.05, 0.1) is 12.8 Å². The molecular formula is C8H7N3O2. The first kappa shape index (κ1) is 7.72. The van der Waals surface area contributed by atoms with Gasteiger partial charge in [0.2, 0.25) is 0 Å². The van der Waals surface area contributed by atoms with Crippen molar-refractivity contribution in [3.63, 3.8) is 0 Å². The number of nitrogens with zero attached hydrogens (tertiary/aromatic N) is 3. The molecule has 0 radical (unpaired) electrons. The van der Waals surface area contributed by atoms with Gasteiger partial charge in [-0.15, -0.1) is 0 Å². The lowest BCUT2D eigenvalue weighted by Crippen LogP contribution is -1.92. The Kier molecular flexibility index (Phi) is 1.91. The first-order valence-corrected chi connectivity index (χ1v) is 3.66. The van der Waals surface area contributed by atoms with E-state index in [9.17, 15) is 0 Å². The summed E-state index contributed by atoms with van der Waals surface area (Å²) in [5, 5.41) is 0. The fourth-order valence-electron chi connectivity index (χ4n) is 0.921. The molecule has 0 aliphatic carbocycles. The summed E-state index contributed by atoms with van der Waals surface area (Å²) in [7, 11) is 1.52. The molecule has 2 heterocycles. The third-order valence-corrected chi connectivity index (χ3v) is 1.51. The van der Waals surface area contributed by atoms with E-state index in [1.165, 1.54) is 19.8 Å². The number of rotatable bonds is 2. The molecule has 0 atom stereocenters. The monoisotopic (exact) mass is 177 g/mol. The Labute approximate surface area is 74.4 Å². The van der Waals surface area contributed by atoms with Gasteiger partial charge < -0.3 is 9.15 Å². The van der Waals surface area contributed by atoms with E-state index in [1.807, 2.05) is 0 Å². The standard InChI is InChI=1S/C8H7N3O2/c1-12-8-9-3-2-6(11-8)7-4-13-5-10-7/h2-5H,1H3. The minimum Gasteiger partial charge on any atom is -0.467 e. The largest absolute Gasteiger partial charge is 0.467 e. The van der Waals surface area contributed by atoms with Crippen LogP contribution >= 0.6 is 0 Å². The second-order valence-electron chi connectivity index (χ2n) is 2.30. The molecule has 0 aliphatic rings. The first-order valence-electron chi connectivity index (χ1n) is 3.66. The Morgan fingerprint density at radius 2 is 2.23 bits per heavy atom. The summed E-state index contributed by atoms with van der Waals surface area (Å²) in [6.45, 7) is 0. The lowest BCUT2D eigenvalue weighted by molar-refractivity contribution is 0.380. The number of ether oxygens (including phenoxy) is 1. The van der Waals surface area contributed by atoms with E-state index in [2.05, 4.69) is 15.0 Å². The lowest BCUT2D eigenvalue weighted by Gasteiger charge is -1.97. The summed E-state index contributed by atoms with van der Waals surface area (Å²) in [4.78, 5) is 11.9. The van der Waals surface area contributed by atoms with Crippen molar-refractivity contribution in [2.75, 3.05) is 7.11 Å². The number of hydrogen-bond donors (Lipinski definition) is 0. The molecular weight excluding hydrogens is 170 g/mol. The van der Waals surface area contributed by atoms with Gasteiger partial charge >= 0.3 is 6.01 Å². The highest BCUT2D eigenvalue weighted by atomic mass is 16.5. The average molecular weight is 177 g/mol. The molecule has 0 unspecified atom stereocenters. The van der Waals surface area contributed by atoms with Crippen molar-refractivity contribution < 1.29 is 9.15 Å². The summed E-state index contributed by atoms with van der Waals surface area (Å²) < 4.78 is 9.70. The molecule has 0 bridgehead atoms. The topological polar surface area (TPSA) is 61.0 Å². The van der Waals surface area contributed by atoms with Crippen LogP contribution in [-0.2, 0) is 0 Å². The van der Waals surface area contributed by atoms with Gasteiger partial charge in [-0.25, -0.2) is 9.97 Å². The molecule has 0 fully saturated rings. The zero-order valence-electron chi connectivity index (χ0n) is 6.97. The van der Waals surface area contributed by atoms with Crippen LogP contribution in [0.3, 0.4) is 0 Å². The third kappa shape index (κ3) is 1.48. The van der Waals surface area contributed by atoms with Crippen LogP contribution in [0.5, 0.6) is 6.01 Å². The molecule has 5 heteroatoms. The molecule has 2 aromatic rings. The SMILES string of the molecule is COc1nccc(-c2cocn2)n1. The van der Waals surface area contributed by atoms with Crippen molar-refractivity contribution >= 4 is 0 Å². The predicted octanol–water partition coefficient (Wildman–Crippen LogP) is 1.14. The van der Waals surface area contributed by atoms with Gasteiger partial charge in [0.1, 0.15) is 12.0 Å². The van der Waals surface area contributed by atoms with Crippen molar-refractivity contribution in [2.24, 2.45) is 0 Å². The van der Waals surface area contributed by atoms with Crippen molar-refractivity contribution in [1.82, 2.24) is 15.0 Å². The second kappa shape index (κ2) is 3.22. The molecule has 5 nitrogen and oxygen atoms in total. The predicted molar refractivity (Wildman–Crippen MR) is 44.1 cm³/mol. The molecule has 0 amide bonds. The van der Waals surface area contributed by atoms with E-state index >= 15 is 0 Å². The van der Waals surface area contributed by atoms with E-state index in [-0.39, 0.29) is 0 Å². The van der Waals surface area contributed by atoms with Gasteiger partial charge in [0.15, 0.2) is 6.39 Å². The van der Waals surface area contributed by atoms with Crippen LogP contribution in [0.1, 0.15) is 0 Å². The molecule has 0 saturated heterocycles. The summed E-state index contributed by atoms with van der Waals surface area (Å²) in [6.07, 6.45) is 4.47. The summed E-state index contributed by atoms with van der Waals surface area (Å²) in [5.41, 5.74) is 1.35. The minimum atomic E-state index is 0.320. The van der Waals surface area contributed by atoms with E-state index in [0.717, 1.165) is 0 Å². The highest BCUT2D eigenvalue weighted by Gasteiger charge is 2.03. The normalized spacial score (nSPS) is 9.92. The number of aromatic nitrogens is 3. The Bertz CT molecular complexity index is 386. The van der Waals surface area contributed by atoms with Crippen LogP contribution in [0.15, 0.2) is 29.3 Å². The highest BCUT2D eigenvalue weighted by molar-refractivity contribution is 5.51. The minimum absolute atomic E-state index is 0.320. The van der Waals surface area contributed by atoms with Crippen LogP contribution in [0, 0.1) is 0 Å². The van der Waals surface area contributed by atoms with Crippen molar-refractivity contribution in [3.8, 4) is 17.4 Å². The Balaban J connectivity index is 2.41. The van der Waals surface area contributed by atoms with Crippen LogP contribution in [-0.4, -0.2) is 22.1 Å². The van der Waals surface area contributed by atoms with Crippen LogP contribution in [0.25, 0.3) is 11.4 Å². The van der Waals surface area contributed by atoms with Crippen LogP contribution in [0.2, 0.25) is 0 Å². The van der Waals surface area contributed by atoms with Gasteiger partial charge in [-0.3, -0.25) is 0 Å². The molecule has 0 aliphatic heterocycles. The summed E-state index contributed by atoms with van der Waals surface area (Å²) in [6, 6.07) is 2.06. The van der Waals surface area contributed by atoms with Gasteiger partial charge in [-0.05, 0) is 6.07 Å². The molecule has 0 N–H and O–H groups in total. The van der Waals surface area contributed by atoms with E-state index in [0.29, 0.717) is 17.4 Å². The maximum atomic E-state index is 4.87. The first-order chi connectivity index (χ1) is 6.40. The number of methoxy groups -OCH3 is 1. The van der Waals surface area contributed by atoms with E-state index < -0.39 is 0 Å². The number of hydrogen-bond acceptors (Lipinski definition) is 5. The van der Waals surface area contributed by atoms with Gasteiger partial charge in [-0.1, -0.05) is 0 Å². The summed E-state index contributed by atoms with van der Waals surface area (Å²) >= 11 is 0. The van der Waals surface area contributed by atoms with Crippen molar-refractivity contribution in [1.29, 1.82) is 0 Å². The maximum absolute atomic E-state index is 4.87. The Morgan fingerprint density at radius 1 is 1.31 bits per heavy atom. The third-order valence-electron chi connectivity index (χ3n) is 1.51. The van der Waals surface area contributed by atoms with Gasteiger partial charge in [0.25, 0.3) is 0 Å². The molecule has 0 spiro atoms. The van der Waals surface area contributed by atoms with Crippen LogP contribution in [0.4, 0.5) is 0 Å². The average Bonchev–Trinajstić information content (AvgIpc) is 2.71. The quantitative estimate of drug-likeness (QED) is 0.688. The fourth-order valence-corrected chi connectivity index (χ4v) is 0.921. The Morgan fingerprint density at radius 3 is 2.92 bits per heavy atom. The van der Waals surface area contributed by atoms with E-state index in [1.54, 1.807) is 12.3 Å². The molecule has 66 valence electrons. The van der Waals surface area contributed by atoms with Gasteiger partial charge in [-0.2, -0.15) is 4.98 Å². The smallest absolute Gasteiger partial charge is 0.316 e. The zero-order valence-corrected chi connectivity index (χ0v) is 6.97. The van der Waals surface area contributed by atoms with Crippen molar-refractivity contribution in [2.45, 2.75) is 0 Å². The van der Waals surface area contributed by atoms with Crippen molar-refractivity contribution in [3.05, 3.63) is 24.9 Å². The molecule has 13 heavy (non-hydrogen) atoms. The maximum Gasteiger partial charge on any atom is 0.316 e. The summed E-state index contributed by atoms with van der Waals surface area (Å²) in [5.74, 6) is 0. The lowest BCUT2D eigenvalue weighted by atomic mass is 10.3. The van der Waals surface area contributed by atoms with Crippen LogP contribution < -0.4 is 4.74 Å². The zero-order chi connectivity index (χ0) is 9.10. The second-order valence-corrected chi connectivity index (χ2v) is 2.30. The number of oxazole rings is 1. The Hall–Kier alpha value is -1.91. The molecule has 2 rings (SSSR count). The molecule has 0 aromatic carbocycles. The molecule has 2 aromatic heterocycles. The van der Waals surface area contributed by atoms with E-state index in [4.69, 9.17) is 9.15 Å². The fraction of sp³-hybridized carbons (Fsp3) is 0.125. The van der Waals surface area contributed by atoms with Gasteiger partial charge in [0, 0.05) is 6.20 Å². The highest BCUT2D eigenvalue weighted by Crippen LogP contribution is 2.14.